The first-order valence-electron chi connectivity index (χ1n) is 14.1. The van der Waals surface area contributed by atoms with Gasteiger partial charge < -0.3 is 4.42 Å². The van der Waals surface area contributed by atoms with E-state index in [0.717, 1.165) is 49.9 Å². The number of pyridine rings is 1. The van der Waals surface area contributed by atoms with Gasteiger partial charge in [0.25, 0.3) is 0 Å². The van der Waals surface area contributed by atoms with Crippen LogP contribution in [0, 0.1) is 32.1 Å². The third-order valence-electron chi connectivity index (χ3n) is 8.41. The molecule has 0 fully saturated rings. The molecule has 0 atom stereocenters. The summed E-state index contributed by atoms with van der Waals surface area (Å²) < 4.78 is 8.78. The van der Waals surface area contributed by atoms with Crippen LogP contribution in [-0.2, 0) is 12.5 Å². The predicted molar refractivity (Wildman–Crippen MR) is 169 cm³/mol. The molecule has 202 valence electrons. The zero-order valence-electron chi connectivity index (χ0n) is 24.9. The first-order chi connectivity index (χ1) is 19.6. The van der Waals surface area contributed by atoms with Crippen LogP contribution in [0.2, 0.25) is 0 Å². The number of nitriles is 1. The lowest BCUT2D eigenvalue weighted by Crippen LogP contribution is -2.31. The van der Waals surface area contributed by atoms with E-state index in [4.69, 9.17) is 4.42 Å². The second-order valence-corrected chi connectivity index (χ2v) is 12.3. The van der Waals surface area contributed by atoms with E-state index in [1.54, 1.807) is 0 Å². The minimum absolute atomic E-state index is 0.127. The average Bonchev–Trinajstić information content (AvgIpc) is 3.33. The highest BCUT2D eigenvalue weighted by molar-refractivity contribution is 6.12. The number of hydrogen-bond donors (Lipinski definition) is 0. The number of fused-ring (bicyclic) bond motifs is 3. The smallest absolute Gasteiger partial charge is 0.216 e. The van der Waals surface area contributed by atoms with Gasteiger partial charge in [-0.3, -0.25) is 0 Å². The summed E-state index contributed by atoms with van der Waals surface area (Å²) in [5.74, 6) is 0. The molecule has 6 rings (SSSR count). The summed E-state index contributed by atoms with van der Waals surface area (Å²) in [6.45, 7) is 13.1. The number of hydrogen-bond acceptors (Lipinski definition) is 2. The van der Waals surface area contributed by atoms with Crippen molar-refractivity contribution in [1.82, 2.24) is 0 Å². The van der Waals surface area contributed by atoms with Gasteiger partial charge in [0.05, 0.1) is 5.56 Å². The quantitative estimate of drug-likeness (QED) is 0.212. The fourth-order valence-corrected chi connectivity index (χ4v) is 5.81. The Balaban J connectivity index is 1.47. The minimum Gasteiger partial charge on any atom is -0.454 e. The summed E-state index contributed by atoms with van der Waals surface area (Å²) in [5.41, 5.74) is 13.5. The van der Waals surface area contributed by atoms with E-state index >= 15 is 0 Å². The van der Waals surface area contributed by atoms with E-state index in [1.807, 2.05) is 0 Å². The molecule has 2 heterocycles. The Morgan fingerprint density at radius 3 is 1.90 bits per heavy atom. The number of furan rings is 1. The van der Waals surface area contributed by atoms with Crippen LogP contribution in [0.4, 0.5) is 0 Å². The summed E-state index contributed by atoms with van der Waals surface area (Å²) in [5, 5.41) is 12.4. The van der Waals surface area contributed by atoms with Crippen LogP contribution in [0.25, 0.3) is 55.4 Å². The molecule has 0 aliphatic carbocycles. The van der Waals surface area contributed by atoms with E-state index in [-0.39, 0.29) is 5.41 Å². The molecule has 6 aromatic rings. The zero-order chi connectivity index (χ0) is 29.1. The Morgan fingerprint density at radius 1 is 0.683 bits per heavy atom. The maximum absolute atomic E-state index is 10.4. The Bertz CT molecular complexity index is 1990. The van der Waals surface area contributed by atoms with Crippen molar-refractivity contribution in [3.8, 4) is 39.6 Å². The van der Waals surface area contributed by atoms with Crippen LogP contribution in [0.5, 0.6) is 0 Å². The topological polar surface area (TPSA) is 40.8 Å². The van der Waals surface area contributed by atoms with E-state index in [9.17, 15) is 5.26 Å². The summed E-state index contributed by atoms with van der Waals surface area (Å²) in [6.07, 6.45) is 2.16. The Morgan fingerprint density at radius 2 is 1.27 bits per heavy atom. The largest absolute Gasteiger partial charge is 0.454 e. The molecule has 41 heavy (non-hydrogen) atoms. The molecular weight excluding hydrogens is 500 g/mol. The molecule has 0 saturated carbocycles. The molecule has 3 nitrogen and oxygen atoms in total. The molecule has 0 unspecified atom stereocenters. The second-order valence-electron chi connectivity index (χ2n) is 12.3. The van der Waals surface area contributed by atoms with Crippen molar-refractivity contribution in [1.29, 1.82) is 5.26 Å². The summed E-state index contributed by atoms with van der Waals surface area (Å²) in [4.78, 5) is 0. The van der Waals surface area contributed by atoms with E-state index < -0.39 is 0 Å². The first-order valence-corrected chi connectivity index (χ1v) is 14.1. The van der Waals surface area contributed by atoms with E-state index in [2.05, 4.69) is 144 Å². The van der Waals surface area contributed by atoms with Crippen molar-refractivity contribution in [3.63, 3.8) is 0 Å². The van der Waals surface area contributed by atoms with Gasteiger partial charge in [0, 0.05) is 28.0 Å². The minimum atomic E-state index is 0.127. The highest BCUT2D eigenvalue weighted by Gasteiger charge is 2.23. The molecule has 0 spiro atoms. The van der Waals surface area contributed by atoms with Crippen LogP contribution in [0.1, 0.15) is 48.6 Å². The first kappa shape index (κ1) is 26.5. The highest BCUT2D eigenvalue weighted by atomic mass is 16.3. The molecular formula is C38H35N2O+. The highest BCUT2D eigenvalue weighted by Crippen LogP contribution is 2.41. The lowest BCUT2D eigenvalue weighted by atomic mass is 9.86. The molecule has 0 radical (unpaired) electrons. The third-order valence-corrected chi connectivity index (χ3v) is 8.41. The molecule has 4 aromatic carbocycles. The second kappa shape index (κ2) is 9.75. The van der Waals surface area contributed by atoms with Crippen molar-refractivity contribution >= 4 is 21.9 Å². The molecule has 0 N–H and O–H groups in total. The van der Waals surface area contributed by atoms with Crippen molar-refractivity contribution in [2.24, 2.45) is 7.05 Å². The van der Waals surface area contributed by atoms with Crippen LogP contribution in [0.15, 0.2) is 89.5 Å². The number of aromatic nitrogens is 1. The number of rotatable bonds is 3. The third kappa shape index (κ3) is 4.50. The van der Waals surface area contributed by atoms with Gasteiger partial charge in [-0.05, 0) is 65.6 Å². The molecule has 0 aliphatic heterocycles. The number of aryl methyl sites for hydroxylation is 4. The van der Waals surface area contributed by atoms with Crippen molar-refractivity contribution < 1.29 is 8.98 Å². The molecule has 0 bridgehead atoms. The maximum atomic E-state index is 10.4. The van der Waals surface area contributed by atoms with E-state index in [1.165, 1.54) is 22.3 Å². The van der Waals surface area contributed by atoms with Crippen molar-refractivity contribution in [2.75, 3.05) is 0 Å². The molecule has 0 saturated heterocycles. The predicted octanol–water partition coefficient (Wildman–Crippen LogP) is 9.51. The Hall–Kier alpha value is -4.68. The standard InChI is InChI=1S/C38H35N2O/c1-23-8-17-32-31-19-18-30(28-11-9-26(10-12-28)27-13-15-29(16-14-27)38(4,5)6)33(21-39)36(31)41-37(32)35(23)34-20-24(2)25(3)22-40(34)7/h8-20,22H,1-7H3/q+1. The molecule has 3 heteroatoms. The van der Waals surface area contributed by atoms with Crippen LogP contribution >= 0.6 is 0 Å². The van der Waals surface area contributed by atoms with Crippen molar-refractivity contribution in [3.05, 3.63) is 113 Å². The van der Waals surface area contributed by atoms with Gasteiger partial charge in [0.1, 0.15) is 24.3 Å². The van der Waals surface area contributed by atoms with Gasteiger partial charge in [-0.2, -0.15) is 5.26 Å². The monoisotopic (exact) mass is 535 g/mol. The van der Waals surface area contributed by atoms with E-state index in [0.29, 0.717) is 11.1 Å². The van der Waals surface area contributed by atoms with Gasteiger partial charge >= 0.3 is 0 Å². The summed E-state index contributed by atoms with van der Waals surface area (Å²) >= 11 is 0. The fourth-order valence-electron chi connectivity index (χ4n) is 5.81. The maximum Gasteiger partial charge on any atom is 0.216 e. The zero-order valence-corrected chi connectivity index (χ0v) is 24.9. The van der Waals surface area contributed by atoms with Gasteiger partial charge in [-0.15, -0.1) is 0 Å². The lowest BCUT2D eigenvalue weighted by Gasteiger charge is -2.19. The Labute approximate surface area is 242 Å². The number of benzene rings is 4. The average molecular weight is 536 g/mol. The van der Waals surface area contributed by atoms with Crippen LogP contribution in [-0.4, -0.2) is 0 Å². The number of nitrogens with zero attached hydrogens (tertiary/aromatic N) is 2. The fraction of sp³-hybridized carbons (Fsp3) is 0.211. The molecule has 2 aromatic heterocycles. The van der Waals surface area contributed by atoms with Gasteiger partial charge in [-0.25, -0.2) is 4.57 Å². The van der Waals surface area contributed by atoms with Crippen LogP contribution in [0.3, 0.4) is 0 Å². The van der Waals surface area contributed by atoms with Gasteiger partial charge in [0.2, 0.25) is 5.69 Å². The SMILES string of the molecule is Cc1cc(-c2c(C)ccc3c2oc2c(C#N)c(-c4ccc(-c5ccc(C(C)(C)C)cc5)cc4)ccc23)[n+](C)cc1C. The normalized spacial score (nSPS) is 11.8. The van der Waals surface area contributed by atoms with Gasteiger partial charge in [-0.1, -0.05) is 87.5 Å². The summed E-state index contributed by atoms with van der Waals surface area (Å²) in [7, 11) is 2.07. The lowest BCUT2D eigenvalue weighted by molar-refractivity contribution is -0.660. The van der Waals surface area contributed by atoms with Crippen molar-refractivity contribution in [2.45, 2.75) is 47.0 Å². The Kier molecular flexibility index (Phi) is 6.31. The summed E-state index contributed by atoms with van der Waals surface area (Å²) in [6, 6.07) is 30.3. The van der Waals surface area contributed by atoms with Crippen LogP contribution < -0.4 is 4.57 Å². The molecule has 0 amide bonds. The van der Waals surface area contributed by atoms with Gasteiger partial charge in [0.15, 0.2) is 11.8 Å². The molecule has 0 aliphatic rings.